The minimum Gasteiger partial charge on any atom is -0.492 e. The SMILES string of the molecule is CCN(CCOc1ccc(Cc2ccccc2)cc1)c1ccccc1. The van der Waals surface area contributed by atoms with Gasteiger partial charge in [0.25, 0.3) is 0 Å². The summed E-state index contributed by atoms with van der Waals surface area (Å²) in [6.07, 6.45) is 0.957. The first-order valence-corrected chi connectivity index (χ1v) is 8.91. The Kier molecular flexibility index (Phi) is 6.11. The molecule has 3 rings (SSSR count). The fourth-order valence-corrected chi connectivity index (χ4v) is 2.92. The van der Waals surface area contributed by atoms with Crippen LogP contribution in [-0.4, -0.2) is 19.7 Å². The number of benzene rings is 3. The molecule has 0 saturated carbocycles. The van der Waals surface area contributed by atoms with E-state index in [1.165, 1.54) is 16.8 Å². The number of anilines is 1. The van der Waals surface area contributed by atoms with Gasteiger partial charge in [-0.1, -0.05) is 60.7 Å². The highest BCUT2D eigenvalue weighted by Gasteiger charge is 2.04. The van der Waals surface area contributed by atoms with E-state index in [-0.39, 0.29) is 0 Å². The lowest BCUT2D eigenvalue weighted by atomic mass is 10.1. The molecule has 0 unspecified atom stereocenters. The van der Waals surface area contributed by atoms with E-state index >= 15 is 0 Å². The summed E-state index contributed by atoms with van der Waals surface area (Å²) in [4.78, 5) is 2.32. The topological polar surface area (TPSA) is 12.5 Å². The summed E-state index contributed by atoms with van der Waals surface area (Å²) in [5, 5.41) is 0. The highest BCUT2D eigenvalue weighted by atomic mass is 16.5. The van der Waals surface area contributed by atoms with Crippen LogP contribution in [-0.2, 0) is 6.42 Å². The van der Waals surface area contributed by atoms with Crippen LogP contribution in [0.2, 0.25) is 0 Å². The van der Waals surface area contributed by atoms with Crippen molar-refractivity contribution in [1.82, 2.24) is 0 Å². The lowest BCUT2D eigenvalue weighted by Crippen LogP contribution is -2.27. The smallest absolute Gasteiger partial charge is 0.119 e. The second kappa shape index (κ2) is 8.93. The van der Waals surface area contributed by atoms with Crippen molar-refractivity contribution in [3.63, 3.8) is 0 Å². The van der Waals surface area contributed by atoms with E-state index in [0.717, 1.165) is 25.3 Å². The van der Waals surface area contributed by atoms with E-state index < -0.39 is 0 Å². The maximum absolute atomic E-state index is 5.92. The van der Waals surface area contributed by atoms with Gasteiger partial charge in [-0.2, -0.15) is 0 Å². The van der Waals surface area contributed by atoms with Crippen LogP contribution in [0.3, 0.4) is 0 Å². The highest BCUT2D eigenvalue weighted by molar-refractivity contribution is 5.45. The Bertz CT molecular complexity index is 738. The van der Waals surface area contributed by atoms with E-state index in [1.807, 2.05) is 6.07 Å². The Morgan fingerprint density at radius 1 is 0.720 bits per heavy atom. The third kappa shape index (κ3) is 5.12. The van der Waals surface area contributed by atoms with Crippen LogP contribution in [0.1, 0.15) is 18.1 Å². The van der Waals surface area contributed by atoms with Crippen molar-refractivity contribution >= 4 is 5.69 Å². The van der Waals surface area contributed by atoms with Crippen LogP contribution in [0.25, 0.3) is 0 Å². The number of ether oxygens (including phenoxy) is 1. The summed E-state index contributed by atoms with van der Waals surface area (Å²) < 4.78 is 5.92. The number of nitrogens with zero attached hydrogens (tertiary/aromatic N) is 1. The normalized spacial score (nSPS) is 10.4. The molecule has 0 aromatic heterocycles. The van der Waals surface area contributed by atoms with Crippen LogP contribution in [0.4, 0.5) is 5.69 Å². The summed E-state index contributed by atoms with van der Waals surface area (Å²) in [6, 6.07) is 29.4. The molecule has 0 spiro atoms. The van der Waals surface area contributed by atoms with Gasteiger partial charge >= 0.3 is 0 Å². The van der Waals surface area contributed by atoms with Crippen molar-refractivity contribution in [3.05, 3.63) is 96.1 Å². The predicted molar refractivity (Wildman–Crippen MR) is 106 cm³/mol. The first-order chi connectivity index (χ1) is 12.3. The van der Waals surface area contributed by atoms with Crippen molar-refractivity contribution in [2.24, 2.45) is 0 Å². The van der Waals surface area contributed by atoms with Gasteiger partial charge in [0, 0.05) is 12.2 Å². The molecule has 2 heteroatoms. The van der Waals surface area contributed by atoms with E-state index in [0.29, 0.717) is 6.61 Å². The maximum atomic E-state index is 5.92. The lowest BCUT2D eigenvalue weighted by Gasteiger charge is -2.23. The van der Waals surface area contributed by atoms with E-state index in [2.05, 4.69) is 90.7 Å². The van der Waals surface area contributed by atoms with Crippen LogP contribution in [0.5, 0.6) is 5.75 Å². The second-order valence-electron chi connectivity index (χ2n) is 6.07. The summed E-state index contributed by atoms with van der Waals surface area (Å²) in [6.45, 7) is 4.71. The third-order valence-electron chi connectivity index (χ3n) is 4.31. The summed E-state index contributed by atoms with van der Waals surface area (Å²) in [7, 11) is 0. The average molecular weight is 331 g/mol. The molecular weight excluding hydrogens is 306 g/mol. The van der Waals surface area contributed by atoms with Crippen LogP contribution < -0.4 is 9.64 Å². The van der Waals surface area contributed by atoms with Gasteiger partial charge in [0.2, 0.25) is 0 Å². The van der Waals surface area contributed by atoms with Gasteiger partial charge in [0.05, 0.1) is 6.54 Å². The number of rotatable bonds is 8. The molecule has 0 radical (unpaired) electrons. The molecule has 0 amide bonds. The average Bonchev–Trinajstić information content (AvgIpc) is 2.68. The molecule has 2 nitrogen and oxygen atoms in total. The fourth-order valence-electron chi connectivity index (χ4n) is 2.92. The first kappa shape index (κ1) is 17.1. The van der Waals surface area contributed by atoms with Gasteiger partial charge in [-0.25, -0.2) is 0 Å². The number of hydrogen-bond donors (Lipinski definition) is 0. The Hall–Kier alpha value is -2.74. The Balaban J connectivity index is 1.50. The van der Waals surface area contributed by atoms with Gasteiger partial charge in [-0.3, -0.25) is 0 Å². The third-order valence-corrected chi connectivity index (χ3v) is 4.31. The van der Waals surface area contributed by atoms with Gasteiger partial charge in [-0.05, 0) is 48.7 Å². The van der Waals surface area contributed by atoms with E-state index in [1.54, 1.807) is 0 Å². The molecule has 0 aliphatic rings. The van der Waals surface area contributed by atoms with Crippen LogP contribution in [0.15, 0.2) is 84.9 Å². The molecule has 0 N–H and O–H groups in total. The monoisotopic (exact) mass is 331 g/mol. The largest absolute Gasteiger partial charge is 0.492 e. The Labute approximate surface area is 150 Å². The summed E-state index contributed by atoms with van der Waals surface area (Å²) in [5.74, 6) is 0.931. The molecule has 0 fully saturated rings. The molecule has 0 aliphatic heterocycles. The minimum absolute atomic E-state index is 0.681. The van der Waals surface area contributed by atoms with Gasteiger partial charge in [0.15, 0.2) is 0 Å². The zero-order valence-corrected chi connectivity index (χ0v) is 14.8. The number of likely N-dealkylation sites (N-methyl/N-ethyl adjacent to an activating group) is 1. The minimum atomic E-state index is 0.681. The van der Waals surface area contributed by atoms with Crippen molar-refractivity contribution in [3.8, 4) is 5.75 Å². The van der Waals surface area contributed by atoms with Crippen molar-refractivity contribution < 1.29 is 4.74 Å². The predicted octanol–water partition coefficient (Wildman–Crippen LogP) is 5.18. The van der Waals surface area contributed by atoms with Gasteiger partial charge < -0.3 is 9.64 Å². The summed E-state index contributed by atoms with van der Waals surface area (Å²) >= 11 is 0. The maximum Gasteiger partial charge on any atom is 0.119 e. The number of hydrogen-bond acceptors (Lipinski definition) is 2. The van der Waals surface area contributed by atoms with E-state index in [9.17, 15) is 0 Å². The van der Waals surface area contributed by atoms with Gasteiger partial charge in [0.1, 0.15) is 12.4 Å². The van der Waals surface area contributed by atoms with Crippen LogP contribution in [0, 0.1) is 0 Å². The molecule has 0 bridgehead atoms. The molecule has 128 valence electrons. The standard InChI is InChI=1S/C23H25NO/c1-2-24(22-11-7-4-8-12-22)17-18-25-23-15-13-21(14-16-23)19-20-9-5-3-6-10-20/h3-16H,2,17-19H2,1H3. The van der Waals surface area contributed by atoms with Crippen molar-refractivity contribution in [2.75, 3.05) is 24.6 Å². The molecular formula is C23H25NO. The molecule has 3 aromatic carbocycles. The zero-order chi connectivity index (χ0) is 17.3. The Morgan fingerprint density at radius 2 is 1.32 bits per heavy atom. The van der Waals surface area contributed by atoms with Crippen LogP contribution >= 0.6 is 0 Å². The first-order valence-electron chi connectivity index (χ1n) is 8.91. The van der Waals surface area contributed by atoms with Crippen molar-refractivity contribution in [2.45, 2.75) is 13.3 Å². The Morgan fingerprint density at radius 3 is 1.96 bits per heavy atom. The molecule has 3 aromatic rings. The highest BCUT2D eigenvalue weighted by Crippen LogP contribution is 2.16. The van der Waals surface area contributed by atoms with Gasteiger partial charge in [-0.15, -0.1) is 0 Å². The number of para-hydroxylation sites is 1. The van der Waals surface area contributed by atoms with E-state index in [4.69, 9.17) is 4.74 Å². The molecule has 0 saturated heterocycles. The fraction of sp³-hybridized carbons (Fsp3) is 0.217. The molecule has 0 heterocycles. The molecule has 0 atom stereocenters. The second-order valence-corrected chi connectivity index (χ2v) is 6.07. The zero-order valence-electron chi connectivity index (χ0n) is 14.8. The summed E-state index contributed by atoms with van der Waals surface area (Å²) in [5.41, 5.74) is 3.88. The molecule has 0 aliphatic carbocycles. The quantitative estimate of drug-likeness (QED) is 0.564. The van der Waals surface area contributed by atoms with Crippen molar-refractivity contribution in [1.29, 1.82) is 0 Å². The molecule has 25 heavy (non-hydrogen) atoms. The lowest BCUT2D eigenvalue weighted by molar-refractivity contribution is 0.324.